The van der Waals surface area contributed by atoms with Crippen molar-refractivity contribution in [3.63, 3.8) is 0 Å². The second-order valence-electron chi connectivity index (χ2n) is 9.60. The highest BCUT2D eigenvalue weighted by molar-refractivity contribution is 5.93. The smallest absolute Gasteiger partial charge is 0.272 e. The van der Waals surface area contributed by atoms with Gasteiger partial charge in [0.1, 0.15) is 11.4 Å². The van der Waals surface area contributed by atoms with E-state index in [9.17, 15) is 4.79 Å². The van der Waals surface area contributed by atoms with Crippen molar-refractivity contribution in [3.8, 4) is 16.9 Å². The molecule has 1 aromatic carbocycles. The molecule has 0 aliphatic carbocycles. The fourth-order valence-electron chi connectivity index (χ4n) is 4.33. The summed E-state index contributed by atoms with van der Waals surface area (Å²) in [4.78, 5) is 20.3. The van der Waals surface area contributed by atoms with E-state index in [0.717, 1.165) is 53.3 Å². The molecule has 168 valence electrons. The molecule has 1 aliphatic heterocycles. The molecule has 1 atom stereocenters. The number of nitrogens with zero attached hydrogens (tertiary/aromatic N) is 4. The first kappa shape index (κ1) is 22.1. The summed E-state index contributed by atoms with van der Waals surface area (Å²) in [6.45, 7) is 9.06. The number of carbonyl (C=O) groups excluding carboxylic acids is 1. The molecule has 1 amide bonds. The Morgan fingerprint density at radius 2 is 1.91 bits per heavy atom. The third-order valence-corrected chi connectivity index (χ3v) is 6.10. The van der Waals surface area contributed by atoms with Crippen LogP contribution in [0.2, 0.25) is 0 Å². The zero-order valence-electron chi connectivity index (χ0n) is 19.8. The second-order valence-corrected chi connectivity index (χ2v) is 9.60. The zero-order valence-corrected chi connectivity index (χ0v) is 19.8. The number of aryl methyl sites for hydroxylation is 2. The quantitative estimate of drug-likeness (QED) is 0.577. The van der Waals surface area contributed by atoms with Gasteiger partial charge in [0.2, 0.25) is 0 Å². The van der Waals surface area contributed by atoms with Gasteiger partial charge in [-0.1, -0.05) is 32.9 Å². The minimum absolute atomic E-state index is 0.0178. The molecule has 4 rings (SSSR count). The van der Waals surface area contributed by atoms with Crippen LogP contribution in [0.25, 0.3) is 11.1 Å². The summed E-state index contributed by atoms with van der Waals surface area (Å²) >= 11 is 0. The molecule has 0 unspecified atom stereocenters. The van der Waals surface area contributed by atoms with Gasteiger partial charge in [-0.2, -0.15) is 5.10 Å². The Hall–Kier alpha value is -3.15. The van der Waals surface area contributed by atoms with Crippen LogP contribution < -0.4 is 4.74 Å². The standard InChI is InChI=1S/C26H32N4O2/c1-17-13-19(18-9-7-10-20(14-18)32-6)15-21(27-17)22-11-8-12-30(22)25(31)23-16-24(26(2,3)4)28-29(23)5/h7,9-10,13-16,22H,8,11-12H2,1-6H3/t22-/m0/s1. The van der Waals surface area contributed by atoms with Crippen molar-refractivity contribution in [3.05, 3.63) is 65.2 Å². The lowest BCUT2D eigenvalue weighted by Gasteiger charge is -2.25. The molecule has 1 aliphatic rings. The number of likely N-dealkylation sites (tertiary alicyclic amines) is 1. The monoisotopic (exact) mass is 432 g/mol. The van der Waals surface area contributed by atoms with Gasteiger partial charge in [-0.15, -0.1) is 0 Å². The predicted octanol–water partition coefficient (Wildman–Crippen LogP) is 5.07. The number of pyridine rings is 1. The van der Waals surface area contributed by atoms with Crippen molar-refractivity contribution in [2.45, 2.75) is 52.0 Å². The Kier molecular flexibility index (Phi) is 5.80. The zero-order chi connectivity index (χ0) is 23.0. The molecule has 2 aromatic heterocycles. The number of carbonyl (C=O) groups is 1. The molecule has 1 fully saturated rings. The van der Waals surface area contributed by atoms with E-state index in [-0.39, 0.29) is 17.4 Å². The first-order valence-electron chi connectivity index (χ1n) is 11.2. The summed E-state index contributed by atoms with van der Waals surface area (Å²) < 4.78 is 7.11. The van der Waals surface area contributed by atoms with Gasteiger partial charge in [-0.25, -0.2) is 0 Å². The first-order chi connectivity index (χ1) is 15.2. The van der Waals surface area contributed by atoms with Crippen molar-refractivity contribution < 1.29 is 9.53 Å². The summed E-state index contributed by atoms with van der Waals surface area (Å²) in [5.41, 5.74) is 5.48. The van der Waals surface area contributed by atoms with E-state index in [2.05, 4.69) is 44.1 Å². The Balaban J connectivity index is 1.67. The fraction of sp³-hybridized carbons (Fsp3) is 0.423. The fourth-order valence-corrected chi connectivity index (χ4v) is 4.33. The van der Waals surface area contributed by atoms with Crippen molar-refractivity contribution in [2.75, 3.05) is 13.7 Å². The van der Waals surface area contributed by atoms with Gasteiger partial charge in [0.15, 0.2) is 0 Å². The number of methoxy groups -OCH3 is 1. The molecular weight excluding hydrogens is 400 g/mol. The predicted molar refractivity (Wildman–Crippen MR) is 126 cm³/mol. The largest absolute Gasteiger partial charge is 0.497 e. The van der Waals surface area contributed by atoms with E-state index in [1.165, 1.54) is 0 Å². The number of rotatable bonds is 4. The van der Waals surface area contributed by atoms with E-state index < -0.39 is 0 Å². The summed E-state index contributed by atoms with van der Waals surface area (Å²) in [7, 11) is 3.52. The van der Waals surface area contributed by atoms with Gasteiger partial charge >= 0.3 is 0 Å². The van der Waals surface area contributed by atoms with Gasteiger partial charge in [0, 0.05) is 24.7 Å². The Morgan fingerprint density at radius 3 is 2.59 bits per heavy atom. The highest BCUT2D eigenvalue weighted by Gasteiger charge is 2.34. The molecule has 6 heteroatoms. The van der Waals surface area contributed by atoms with Crippen LogP contribution >= 0.6 is 0 Å². The van der Waals surface area contributed by atoms with Crippen LogP contribution in [0, 0.1) is 6.92 Å². The lowest BCUT2D eigenvalue weighted by Crippen LogP contribution is -2.32. The van der Waals surface area contributed by atoms with Gasteiger partial charge in [0.05, 0.1) is 24.5 Å². The van der Waals surface area contributed by atoms with Gasteiger partial charge in [-0.05, 0) is 61.2 Å². The topological polar surface area (TPSA) is 60.2 Å². The molecule has 0 N–H and O–H groups in total. The average molecular weight is 433 g/mol. The number of amides is 1. The van der Waals surface area contributed by atoms with E-state index in [0.29, 0.717) is 5.69 Å². The summed E-state index contributed by atoms with van der Waals surface area (Å²) in [5, 5.41) is 4.60. The van der Waals surface area contributed by atoms with Crippen LogP contribution in [0.15, 0.2) is 42.5 Å². The number of benzene rings is 1. The third kappa shape index (κ3) is 4.27. The van der Waals surface area contributed by atoms with E-state index in [4.69, 9.17) is 9.72 Å². The van der Waals surface area contributed by atoms with Crippen molar-refractivity contribution in [2.24, 2.45) is 7.05 Å². The molecule has 3 heterocycles. The number of hydrogen-bond acceptors (Lipinski definition) is 4. The van der Waals surface area contributed by atoms with Crippen LogP contribution in [0.5, 0.6) is 5.75 Å². The molecule has 0 bridgehead atoms. The van der Waals surface area contributed by atoms with Crippen molar-refractivity contribution in [1.82, 2.24) is 19.7 Å². The van der Waals surface area contributed by atoms with Gasteiger partial charge < -0.3 is 9.64 Å². The van der Waals surface area contributed by atoms with Gasteiger partial charge in [-0.3, -0.25) is 14.5 Å². The van der Waals surface area contributed by atoms with Crippen LogP contribution in [-0.4, -0.2) is 39.2 Å². The Bertz CT molecular complexity index is 1140. The van der Waals surface area contributed by atoms with E-state index >= 15 is 0 Å². The van der Waals surface area contributed by atoms with Gasteiger partial charge in [0.25, 0.3) is 5.91 Å². The molecule has 32 heavy (non-hydrogen) atoms. The highest BCUT2D eigenvalue weighted by Crippen LogP contribution is 2.35. The second kappa shape index (κ2) is 8.41. The maximum atomic E-state index is 13.5. The number of aromatic nitrogens is 3. The highest BCUT2D eigenvalue weighted by atomic mass is 16.5. The average Bonchev–Trinajstić information content (AvgIpc) is 3.40. The van der Waals surface area contributed by atoms with E-state index in [1.54, 1.807) is 11.8 Å². The minimum atomic E-state index is -0.107. The summed E-state index contributed by atoms with van der Waals surface area (Å²) in [5.74, 6) is 0.839. The maximum Gasteiger partial charge on any atom is 0.272 e. The summed E-state index contributed by atoms with van der Waals surface area (Å²) in [6, 6.07) is 14.1. The molecule has 3 aromatic rings. The molecule has 0 saturated carbocycles. The van der Waals surface area contributed by atoms with Crippen LogP contribution in [-0.2, 0) is 12.5 Å². The molecule has 6 nitrogen and oxygen atoms in total. The lowest BCUT2D eigenvalue weighted by atomic mass is 9.92. The van der Waals surface area contributed by atoms with Crippen molar-refractivity contribution in [1.29, 1.82) is 0 Å². The maximum absolute atomic E-state index is 13.5. The van der Waals surface area contributed by atoms with Crippen LogP contribution in [0.1, 0.15) is 67.2 Å². The summed E-state index contributed by atoms with van der Waals surface area (Å²) in [6.07, 6.45) is 1.87. The first-order valence-corrected chi connectivity index (χ1v) is 11.2. The Labute approximate surface area is 190 Å². The SMILES string of the molecule is COc1cccc(-c2cc(C)nc([C@@H]3CCCN3C(=O)c3cc(C(C)(C)C)nn3C)c2)c1. The molecule has 0 spiro atoms. The lowest BCUT2D eigenvalue weighted by molar-refractivity contribution is 0.0721. The third-order valence-electron chi connectivity index (χ3n) is 6.10. The molecular formula is C26H32N4O2. The van der Waals surface area contributed by atoms with E-state index in [1.807, 2.05) is 43.1 Å². The number of hydrogen-bond donors (Lipinski definition) is 0. The number of ether oxygens (including phenoxy) is 1. The Morgan fingerprint density at radius 1 is 1.12 bits per heavy atom. The van der Waals surface area contributed by atoms with Crippen LogP contribution in [0.3, 0.4) is 0 Å². The molecule has 0 radical (unpaired) electrons. The minimum Gasteiger partial charge on any atom is -0.497 e. The van der Waals surface area contributed by atoms with Crippen LogP contribution in [0.4, 0.5) is 0 Å². The normalized spacial score (nSPS) is 16.4. The molecule has 1 saturated heterocycles. The van der Waals surface area contributed by atoms with Crippen molar-refractivity contribution >= 4 is 5.91 Å².